The molecular weight excluding hydrogens is 198 g/mol. The van der Waals surface area contributed by atoms with Gasteiger partial charge < -0.3 is 20.3 Å². The molecule has 0 aliphatic heterocycles. The third kappa shape index (κ3) is 7.30. The first-order valence-corrected chi connectivity index (χ1v) is 5.08. The number of ether oxygens (including phenoxy) is 2. The minimum absolute atomic E-state index is 0.187. The van der Waals surface area contributed by atoms with Crippen LogP contribution in [0.5, 0.6) is 0 Å². The summed E-state index contributed by atoms with van der Waals surface area (Å²) in [4.78, 5) is 10.6. The van der Waals surface area contributed by atoms with Gasteiger partial charge in [0.1, 0.15) is 5.54 Å². The Labute approximate surface area is 90.5 Å². The third-order valence-corrected chi connectivity index (χ3v) is 1.93. The second-order valence-electron chi connectivity index (χ2n) is 4.00. The molecule has 0 aromatic rings. The van der Waals surface area contributed by atoms with Crippen LogP contribution in [0.2, 0.25) is 0 Å². The van der Waals surface area contributed by atoms with Gasteiger partial charge in [-0.3, -0.25) is 4.79 Å². The van der Waals surface area contributed by atoms with Crippen LogP contribution in [-0.4, -0.2) is 42.5 Å². The summed E-state index contributed by atoms with van der Waals surface area (Å²) in [5, 5.41) is 8.71. The van der Waals surface area contributed by atoms with Crippen LogP contribution in [0.1, 0.15) is 27.2 Å². The molecule has 90 valence electrons. The Kier molecular flexibility index (Phi) is 6.47. The van der Waals surface area contributed by atoms with Crippen molar-refractivity contribution in [2.75, 3.05) is 19.8 Å². The highest BCUT2D eigenvalue weighted by Crippen LogP contribution is 2.05. The van der Waals surface area contributed by atoms with Crippen LogP contribution in [0.15, 0.2) is 0 Å². The molecule has 0 bridgehead atoms. The molecule has 0 heterocycles. The minimum Gasteiger partial charge on any atom is -0.480 e. The number of rotatable bonds is 8. The number of carbonyl (C=O) groups is 1. The first kappa shape index (κ1) is 14.3. The maximum atomic E-state index is 10.6. The van der Waals surface area contributed by atoms with Crippen molar-refractivity contribution < 1.29 is 19.4 Å². The predicted molar refractivity (Wildman–Crippen MR) is 56.8 cm³/mol. The minimum atomic E-state index is -1.21. The van der Waals surface area contributed by atoms with Gasteiger partial charge in [-0.1, -0.05) is 0 Å². The van der Waals surface area contributed by atoms with Crippen molar-refractivity contribution in [3.8, 4) is 0 Å². The van der Waals surface area contributed by atoms with E-state index >= 15 is 0 Å². The Hall–Kier alpha value is -0.650. The van der Waals surface area contributed by atoms with E-state index in [-0.39, 0.29) is 6.10 Å². The number of hydrogen-bond donors (Lipinski definition) is 2. The lowest BCUT2D eigenvalue weighted by atomic mass is 10.0. The Bertz CT molecular complexity index is 192. The maximum Gasteiger partial charge on any atom is 0.323 e. The first-order valence-electron chi connectivity index (χ1n) is 5.08. The number of hydrogen-bond acceptors (Lipinski definition) is 4. The van der Waals surface area contributed by atoms with E-state index in [2.05, 4.69) is 0 Å². The van der Waals surface area contributed by atoms with Gasteiger partial charge in [-0.05, 0) is 27.2 Å². The molecule has 0 rings (SSSR count). The zero-order valence-corrected chi connectivity index (χ0v) is 9.66. The van der Waals surface area contributed by atoms with Crippen molar-refractivity contribution in [2.24, 2.45) is 5.73 Å². The smallest absolute Gasteiger partial charge is 0.323 e. The fourth-order valence-electron chi connectivity index (χ4n) is 0.836. The van der Waals surface area contributed by atoms with E-state index in [0.29, 0.717) is 26.2 Å². The van der Waals surface area contributed by atoms with E-state index in [4.69, 9.17) is 20.3 Å². The van der Waals surface area contributed by atoms with E-state index < -0.39 is 11.5 Å². The Morgan fingerprint density at radius 3 is 2.47 bits per heavy atom. The molecular formula is C10H21NO4. The molecule has 1 atom stereocenters. The van der Waals surface area contributed by atoms with Crippen molar-refractivity contribution in [2.45, 2.75) is 38.8 Å². The molecule has 0 spiro atoms. The van der Waals surface area contributed by atoms with Crippen molar-refractivity contribution in [1.82, 2.24) is 0 Å². The van der Waals surface area contributed by atoms with E-state index in [1.54, 1.807) is 0 Å². The topological polar surface area (TPSA) is 81.8 Å². The van der Waals surface area contributed by atoms with Crippen LogP contribution >= 0.6 is 0 Å². The Morgan fingerprint density at radius 2 is 2.00 bits per heavy atom. The quantitative estimate of drug-likeness (QED) is 0.585. The van der Waals surface area contributed by atoms with E-state index in [1.807, 2.05) is 13.8 Å². The molecule has 0 fully saturated rings. The lowest BCUT2D eigenvalue weighted by Crippen LogP contribution is -2.45. The van der Waals surface area contributed by atoms with Gasteiger partial charge in [0.2, 0.25) is 0 Å². The van der Waals surface area contributed by atoms with Gasteiger partial charge in [-0.2, -0.15) is 0 Å². The molecule has 5 heteroatoms. The molecule has 0 aliphatic rings. The molecule has 3 N–H and O–H groups in total. The van der Waals surface area contributed by atoms with Crippen molar-refractivity contribution >= 4 is 5.97 Å². The van der Waals surface area contributed by atoms with Gasteiger partial charge in [0.05, 0.1) is 19.3 Å². The summed E-state index contributed by atoms with van der Waals surface area (Å²) < 4.78 is 10.5. The third-order valence-electron chi connectivity index (χ3n) is 1.93. The van der Waals surface area contributed by atoms with E-state index in [9.17, 15) is 4.79 Å². The lowest BCUT2D eigenvalue weighted by molar-refractivity contribution is -0.143. The normalized spacial score (nSPS) is 15.3. The number of aliphatic carboxylic acids is 1. The largest absolute Gasteiger partial charge is 0.480 e. The van der Waals surface area contributed by atoms with Gasteiger partial charge in [-0.25, -0.2) is 0 Å². The highest BCUT2D eigenvalue weighted by molar-refractivity contribution is 5.77. The molecule has 1 unspecified atom stereocenters. The summed E-state index contributed by atoms with van der Waals surface area (Å²) >= 11 is 0. The second-order valence-corrected chi connectivity index (χ2v) is 4.00. The van der Waals surface area contributed by atoms with E-state index in [0.717, 1.165) is 0 Å². The van der Waals surface area contributed by atoms with Crippen molar-refractivity contribution in [3.63, 3.8) is 0 Å². The fraction of sp³-hybridized carbons (Fsp3) is 0.900. The molecule has 0 aliphatic carbocycles. The van der Waals surface area contributed by atoms with Gasteiger partial charge in [-0.15, -0.1) is 0 Å². The summed E-state index contributed by atoms with van der Waals surface area (Å²) in [5.74, 6) is -1.01. The van der Waals surface area contributed by atoms with E-state index in [1.165, 1.54) is 6.92 Å². The highest BCUT2D eigenvalue weighted by Gasteiger charge is 2.27. The zero-order chi connectivity index (χ0) is 11.9. The van der Waals surface area contributed by atoms with Crippen LogP contribution < -0.4 is 5.73 Å². The van der Waals surface area contributed by atoms with Crippen molar-refractivity contribution in [3.05, 3.63) is 0 Å². The highest BCUT2D eigenvalue weighted by atomic mass is 16.5. The molecule has 0 saturated heterocycles. The van der Waals surface area contributed by atoms with Gasteiger partial charge in [0.25, 0.3) is 0 Å². The zero-order valence-electron chi connectivity index (χ0n) is 9.66. The average molecular weight is 219 g/mol. The number of nitrogens with two attached hydrogens (primary N) is 1. The standard InChI is InChI=1S/C10H21NO4/c1-8(2)15-7-6-14-5-4-10(3,11)9(12)13/h8H,4-7,11H2,1-3H3,(H,12,13). The van der Waals surface area contributed by atoms with Crippen LogP contribution in [-0.2, 0) is 14.3 Å². The number of carboxylic acid groups (broad SMARTS) is 1. The maximum absolute atomic E-state index is 10.6. The van der Waals surface area contributed by atoms with Gasteiger partial charge in [0, 0.05) is 6.61 Å². The first-order chi connectivity index (χ1) is 6.86. The molecule has 0 saturated carbocycles. The van der Waals surface area contributed by atoms with Gasteiger partial charge in [0.15, 0.2) is 0 Å². The summed E-state index contributed by atoms with van der Waals surface area (Å²) in [6.07, 6.45) is 0.483. The number of carboxylic acids is 1. The Balaban J connectivity index is 3.43. The summed E-state index contributed by atoms with van der Waals surface area (Å²) in [6, 6.07) is 0. The summed E-state index contributed by atoms with van der Waals surface area (Å²) in [6.45, 7) is 6.69. The van der Waals surface area contributed by atoms with Crippen LogP contribution in [0.25, 0.3) is 0 Å². The molecule has 0 aromatic carbocycles. The second kappa shape index (κ2) is 6.76. The molecule has 15 heavy (non-hydrogen) atoms. The summed E-state index contributed by atoms with van der Waals surface area (Å²) in [7, 11) is 0. The fourth-order valence-corrected chi connectivity index (χ4v) is 0.836. The summed E-state index contributed by atoms with van der Waals surface area (Å²) in [5.41, 5.74) is 4.30. The average Bonchev–Trinajstić information content (AvgIpc) is 2.10. The predicted octanol–water partition coefficient (Wildman–Crippen LogP) is 0.620. The van der Waals surface area contributed by atoms with Crippen LogP contribution in [0.3, 0.4) is 0 Å². The SMILES string of the molecule is CC(C)OCCOCCC(C)(N)C(=O)O. The van der Waals surface area contributed by atoms with Crippen LogP contribution in [0, 0.1) is 0 Å². The Morgan fingerprint density at radius 1 is 1.40 bits per heavy atom. The van der Waals surface area contributed by atoms with Crippen LogP contribution in [0.4, 0.5) is 0 Å². The molecule has 0 aromatic heterocycles. The molecule has 0 radical (unpaired) electrons. The monoisotopic (exact) mass is 219 g/mol. The molecule has 5 nitrogen and oxygen atoms in total. The lowest BCUT2D eigenvalue weighted by Gasteiger charge is -2.18. The van der Waals surface area contributed by atoms with Crippen molar-refractivity contribution in [1.29, 1.82) is 0 Å². The van der Waals surface area contributed by atoms with Gasteiger partial charge >= 0.3 is 5.97 Å². The molecule has 0 amide bonds.